The first-order chi connectivity index (χ1) is 13.0. The van der Waals surface area contributed by atoms with Crippen molar-refractivity contribution >= 4 is 34.9 Å². The largest absolute Gasteiger partial charge is 0.489 e. The first-order valence-electron chi connectivity index (χ1n) is 8.41. The van der Waals surface area contributed by atoms with Gasteiger partial charge < -0.3 is 4.74 Å². The average molecular weight is 394 g/mol. The Morgan fingerprint density at radius 1 is 0.963 bits per heavy atom. The van der Waals surface area contributed by atoms with Crippen LogP contribution < -0.4 is 4.74 Å². The highest BCUT2D eigenvalue weighted by atomic mass is 35.5. The number of aryl methyl sites for hydroxylation is 1. The number of nitrogens with zero attached hydrogens (tertiary/aromatic N) is 1. The SMILES string of the molecule is Cc1ccc(/C(C#N)=C\c2ccc(OCc3ccc(Cl)c(Cl)c3)cc2)cc1. The van der Waals surface area contributed by atoms with Gasteiger partial charge >= 0.3 is 0 Å². The molecule has 0 aromatic heterocycles. The van der Waals surface area contributed by atoms with Gasteiger partial charge in [-0.15, -0.1) is 0 Å². The number of halogens is 2. The van der Waals surface area contributed by atoms with E-state index in [0.29, 0.717) is 22.2 Å². The molecule has 0 amide bonds. The Morgan fingerprint density at radius 2 is 1.67 bits per heavy atom. The summed E-state index contributed by atoms with van der Waals surface area (Å²) in [7, 11) is 0. The van der Waals surface area contributed by atoms with Crippen LogP contribution in [0.1, 0.15) is 22.3 Å². The summed E-state index contributed by atoms with van der Waals surface area (Å²) >= 11 is 11.9. The molecule has 0 bridgehead atoms. The number of benzene rings is 3. The van der Waals surface area contributed by atoms with Crippen molar-refractivity contribution in [3.63, 3.8) is 0 Å². The minimum atomic E-state index is 0.402. The molecule has 0 saturated carbocycles. The van der Waals surface area contributed by atoms with E-state index in [2.05, 4.69) is 6.07 Å². The number of ether oxygens (including phenoxy) is 1. The van der Waals surface area contributed by atoms with E-state index in [4.69, 9.17) is 27.9 Å². The number of nitriles is 1. The Labute approximate surface area is 169 Å². The summed E-state index contributed by atoms with van der Waals surface area (Å²) < 4.78 is 5.78. The second-order valence-electron chi connectivity index (χ2n) is 6.14. The van der Waals surface area contributed by atoms with E-state index in [1.165, 1.54) is 5.56 Å². The Kier molecular flexibility index (Phi) is 6.19. The minimum absolute atomic E-state index is 0.402. The van der Waals surface area contributed by atoms with Crippen LogP contribution >= 0.6 is 23.2 Å². The first-order valence-corrected chi connectivity index (χ1v) is 9.16. The smallest absolute Gasteiger partial charge is 0.119 e. The van der Waals surface area contributed by atoms with Gasteiger partial charge in [-0.3, -0.25) is 0 Å². The molecule has 0 radical (unpaired) electrons. The van der Waals surface area contributed by atoms with Crippen LogP contribution in [0.25, 0.3) is 11.6 Å². The topological polar surface area (TPSA) is 33.0 Å². The van der Waals surface area contributed by atoms with Crippen LogP contribution in [-0.2, 0) is 6.61 Å². The maximum atomic E-state index is 9.45. The van der Waals surface area contributed by atoms with Crippen molar-refractivity contribution in [2.75, 3.05) is 0 Å². The molecule has 0 unspecified atom stereocenters. The summed E-state index contributed by atoms with van der Waals surface area (Å²) in [6.45, 7) is 2.43. The summed E-state index contributed by atoms with van der Waals surface area (Å²) in [6, 6.07) is 23.2. The average Bonchev–Trinajstić information content (AvgIpc) is 2.69. The maximum absolute atomic E-state index is 9.45. The van der Waals surface area contributed by atoms with Gasteiger partial charge in [0.25, 0.3) is 0 Å². The molecule has 2 nitrogen and oxygen atoms in total. The monoisotopic (exact) mass is 393 g/mol. The fourth-order valence-electron chi connectivity index (χ4n) is 2.54. The summed E-state index contributed by atoms with van der Waals surface area (Å²) in [5.74, 6) is 0.743. The summed E-state index contributed by atoms with van der Waals surface area (Å²) in [5, 5.41) is 10.5. The molecule has 0 saturated heterocycles. The minimum Gasteiger partial charge on any atom is -0.489 e. The Balaban J connectivity index is 1.69. The zero-order chi connectivity index (χ0) is 19.2. The van der Waals surface area contributed by atoms with E-state index in [1.807, 2.05) is 67.6 Å². The molecule has 0 spiro atoms. The van der Waals surface area contributed by atoms with Gasteiger partial charge in [0, 0.05) is 0 Å². The number of hydrogen-bond acceptors (Lipinski definition) is 2. The molecule has 134 valence electrons. The molecular weight excluding hydrogens is 377 g/mol. The van der Waals surface area contributed by atoms with Crippen molar-refractivity contribution in [3.8, 4) is 11.8 Å². The summed E-state index contributed by atoms with van der Waals surface area (Å²) in [5.41, 5.74) is 4.58. The predicted octanol–water partition coefficient (Wildman–Crippen LogP) is 6.95. The molecule has 3 aromatic rings. The van der Waals surface area contributed by atoms with Crippen molar-refractivity contribution in [2.45, 2.75) is 13.5 Å². The van der Waals surface area contributed by atoms with Gasteiger partial charge in [-0.05, 0) is 54.0 Å². The lowest BCUT2D eigenvalue weighted by molar-refractivity contribution is 0.306. The van der Waals surface area contributed by atoms with Crippen LogP contribution in [-0.4, -0.2) is 0 Å². The third-order valence-electron chi connectivity index (χ3n) is 4.06. The zero-order valence-electron chi connectivity index (χ0n) is 14.7. The highest BCUT2D eigenvalue weighted by Gasteiger charge is 2.03. The molecular formula is C23H17Cl2NO. The van der Waals surface area contributed by atoms with Gasteiger partial charge in [-0.25, -0.2) is 0 Å². The molecule has 27 heavy (non-hydrogen) atoms. The zero-order valence-corrected chi connectivity index (χ0v) is 16.3. The highest BCUT2D eigenvalue weighted by Crippen LogP contribution is 2.24. The molecule has 0 aliphatic rings. The van der Waals surface area contributed by atoms with Crippen LogP contribution in [0.2, 0.25) is 10.0 Å². The number of rotatable bonds is 5. The van der Waals surface area contributed by atoms with Crippen LogP contribution in [0, 0.1) is 18.3 Å². The van der Waals surface area contributed by atoms with Crippen molar-refractivity contribution < 1.29 is 4.74 Å². The van der Waals surface area contributed by atoms with Gasteiger partial charge in [0.15, 0.2) is 0 Å². The van der Waals surface area contributed by atoms with Gasteiger partial charge in [0.2, 0.25) is 0 Å². The normalized spacial score (nSPS) is 11.1. The molecule has 0 atom stereocenters. The fourth-order valence-corrected chi connectivity index (χ4v) is 2.86. The molecule has 0 heterocycles. The molecule has 0 aliphatic heterocycles. The van der Waals surface area contributed by atoms with Gasteiger partial charge in [-0.2, -0.15) is 5.26 Å². The molecule has 3 rings (SSSR count). The van der Waals surface area contributed by atoms with Crippen LogP contribution in [0.4, 0.5) is 0 Å². The van der Waals surface area contributed by atoms with E-state index >= 15 is 0 Å². The lowest BCUT2D eigenvalue weighted by atomic mass is 10.0. The van der Waals surface area contributed by atoms with Crippen molar-refractivity contribution in [1.29, 1.82) is 5.26 Å². The summed E-state index contributed by atoms with van der Waals surface area (Å²) in [4.78, 5) is 0. The lowest BCUT2D eigenvalue weighted by Gasteiger charge is -2.08. The fraction of sp³-hybridized carbons (Fsp3) is 0.0870. The van der Waals surface area contributed by atoms with E-state index in [1.54, 1.807) is 12.1 Å². The number of allylic oxidation sites excluding steroid dienone is 1. The lowest BCUT2D eigenvalue weighted by Crippen LogP contribution is -1.95. The van der Waals surface area contributed by atoms with Gasteiger partial charge in [-0.1, -0.05) is 71.2 Å². The molecule has 0 fully saturated rings. The van der Waals surface area contributed by atoms with Crippen molar-refractivity contribution in [1.82, 2.24) is 0 Å². The number of hydrogen-bond donors (Lipinski definition) is 0. The van der Waals surface area contributed by atoms with Crippen molar-refractivity contribution in [2.24, 2.45) is 0 Å². The molecule has 4 heteroatoms. The van der Waals surface area contributed by atoms with E-state index in [-0.39, 0.29) is 0 Å². The third-order valence-corrected chi connectivity index (χ3v) is 4.80. The first kappa shape index (κ1) is 19.0. The predicted molar refractivity (Wildman–Crippen MR) is 112 cm³/mol. The van der Waals surface area contributed by atoms with Crippen molar-refractivity contribution in [3.05, 3.63) is 99.0 Å². The maximum Gasteiger partial charge on any atom is 0.119 e. The molecule has 0 aliphatic carbocycles. The van der Waals surface area contributed by atoms with Crippen LogP contribution in [0.15, 0.2) is 66.7 Å². The highest BCUT2D eigenvalue weighted by molar-refractivity contribution is 6.42. The van der Waals surface area contributed by atoms with Crippen LogP contribution in [0.3, 0.4) is 0 Å². The third kappa shape index (κ3) is 5.14. The molecule has 3 aromatic carbocycles. The Bertz CT molecular complexity index is 1000. The van der Waals surface area contributed by atoms with E-state index < -0.39 is 0 Å². The van der Waals surface area contributed by atoms with E-state index in [0.717, 1.165) is 22.4 Å². The van der Waals surface area contributed by atoms with Gasteiger partial charge in [0.1, 0.15) is 12.4 Å². The quantitative estimate of drug-likeness (QED) is 0.347. The standard InChI is InChI=1S/C23H17Cl2NO/c1-16-2-7-19(8-3-16)20(14-26)12-17-4-9-21(10-5-17)27-15-18-6-11-22(24)23(25)13-18/h2-13H,15H2,1H3/b20-12-. The second-order valence-corrected chi connectivity index (χ2v) is 6.96. The van der Waals surface area contributed by atoms with Gasteiger partial charge in [0.05, 0.1) is 21.7 Å². The molecule has 0 N–H and O–H groups in total. The Morgan fingerprint density at radius 3 is 2.30 bits per heavy atom. The Hall–Kier alpha value is -2.73. The summed E-state index contributed by atoms with van der Waals surface area (Å²) in [6.07, 6.45) is 1.87. The second kappa shape index (κ2) is 8.77. The van der Waals surface area contributed by atoms with Crippen LogP contribution in [0.5, 0.6) is 5.75 Å². The van der Waals surface area contributed by atoms with E-state index in [9.17, 15) is 5.26 Å².